The Morgan fingerprint density at radius 2 is 1.72 bits per heavy atom. The van der Waals surface area contributed by atoms with E-state index >= 15 is 0 Å². The average Bonchev–Trinajstić information content (AvgIpc) is 2.65. The molecule has 128 valence electrons. The first kappa shape index (κ1) is 18.0. The summed E-state index contributed by atoms with van der Waals surface area (Å²) in [6.07, 6.45) is -1.02. The van der Waals surface area contributed by atoms with Gasteiger partial charge >= 0.3 is 5.97 Å². The fourth-order valence-corrected chi connectivity index (χ4v) is 2.06. The number of ether oxygens (including phenoxy) is 2. The number of benzene rings is 2. The zero-order valence-corrected chi connectivity index (χ0v) is 14.0. The van der Waals surface area contributed by atoms with Crippen LogP contribution >= 0.6 is 0 Å². The van der Waals surface area contributed by atoms with Crippen molar-refractivity contribution in [2.75, 3.05) is 20.7 Å². The van der Waals surface area contributed by atoms with Crippen molar-refractivity contribution in [2.45, 2.75) is 6.10 Å². The van der Waals surface area contributed by atoms with Crippen LogP contribution in [0.3, 0.4) is 0 Å². The van der Waals surface area contributed by atoms with E-state index < -0.39 is 12.1 Å². The van der Waals surface area contributed by atoms with Crippen molar-refractivity contribution in [3.05, 3.63) is 65.7 Å². The highest BCUT2D eigenvalue weighted by atomic mass is 16.6. The first-order chi connectivity index (χ1) is 12.0. The molecule has 0 aliphatic carbocycles. The average molecular weight is 338 g/mol. The fourth-order valence-electron chi connectivity index (χ4n) is 2.06. The smallest absolute Gasteiger partial charge is 0.345 e. The number of hydrogen-bond acceptors (Lipinski definition) is 5. The molecule has 0 spiro atoms. The molecule has 0 saturated carbocycles. The summed E-state index contributed by atoms with van der Waals surface area (Å²) in [5.41, 5.74) is 1.09. The third-order valence-electron chi connectivity index (χ3n) is 3.36. The lowest BCUT2D eigenvalue weighted by Gasteiger charge is -2.21. The van der Waals surface area contributed by atoms with Crippen molar-refractivity contribution in [3.8, 4) is 11.8 Å². The Morgan fingerprint density at radius 3 is 2.28 bits per heavy atom. The van der Waals surface area contributed by atoms with Gasteiger partial charge in [-0.05, 0) is 24.3 Å². The van der Waals surface area contributed by atoms with Gasteiger partial charge in [-0.15, -0.1) is 0 Å². The van der Waals surface area contributed by atoms with Gasteiger partial charge in [-0.1, -0.05) is 30.3 Å². The standard InChI is InChI=1S/C19H18N2O4/c1-21(2)19(23)18(15-6-4-3-5-7-15)25-17(22)13-24-16-10-8-14(12-20)9-11-16/h3-11,18H,13H2,1-2H3/t18-/m0/s1. The molecule has 25 heavy (non-hydrogen) atoms. The Balaban J connectivity index is 2.01. The van der Waals surface area contributed by atoms with Gasteiger partial charge in [0.15, 0.2) is 6.61 Å². The molecular formula is C19H18N2O4. The highest BCUT2D eigenvalue weighted by Gasteiger charge is 2.26. The highest BCUT2D eigenvalue weighted by molar-refractivity contribution is 5.85. The molecule has 2 rings (SSSR count). The topological polar surface area (TPSA) is 79.6 Å². The van der Waals surface area contributed by atoms with E-state index in [1.807, 2.05) is 12.1 Å². The summed E-state index contributed by atoms with van der Waals surface area (Å²) in [6, 6.07) is 17.1. The third-order valence-corrected chi connectivity index (χ3v) is 3.36. The lowest BCUT2D eigenvalue weighted by Crippen LogP contribution is -2.32. The van der Waals surface area contributed by atoms with Crippen molar-refractivity contribution >= 4 is 11.9 Å². The number of nitrogens with zero attached hydrogens (tertiary/aromatic N) is 2. The normalized spacial score (nSPS) is 11.1. The molecule has 0 heterocycles. The van der Waals surface area contributed by atoms with E-state index in [1.54, 1.807) is 62.6 Å². The lowest BCUT2D eigenvalue weighted by atomic mass is 10.1. The summed E-state index contributed by atoms with van der Waals surface area (Å²) in [6.45, 7) is -0.337. The van der Waals surface area contributed by atoms with Gasteiger partial charge < -0.3 is 14.4 Å². The zero-order chi connectivity index (χ0) is 18.2. The summed E-state index contributed by atoms with van der Waals surface area (Å²) >= 11 is 0. The van der Waals surface area contributed by atoms with E-state index in [9.17, 15) is 9.59 Å². The number of hydrogen-bond donors (Lipinski definition) is 0. The molecule has 2 aromatic rings. The van der Waals surface area contributed by atoms with Gasteiger partial charge in [-0.25, -0.2) is 4.79 Å². The Bertz CT molecular complexity index is 764. The molecular weight excluding hydrogens is 320 g/mol. The number of carbonyl (C=O) groups excluding carboxylic acids is 2. The van der Waals surface area contributed by atoms with Crippen LogP contribution in [-0.4, -0.2) is 37.5 Å². The first-order valence-corrected chi connectivity index (χ1v) is 7.60. The van der Waals surface area contributed by atoms with E-state index in [1.165, 1.54) is 4.90 Å². The second-order valence-electron chi connectivity index (χ2n) is 5.44. The second-order valence-corrected chi connectivity index (χ2v) is 5.44. The number of rotatable bonds is 6. The van der Waals surface area contributed by atoms with Crippen LogP contribution in [0.25, 0.3) is 0 Å². The Kier molecular flexibility index (Phi) is 6.13. The van der Waals surface area contributed by atoms with Gasteiger partial charge in [0.05, 0.1) is 11.6 Å². The summed E-state index contributed by atoms with van der Waals surface area (Å²) in [5, 5.41) is 8.75. The van der Waals surface area contributed by atoms with Crippen LogP contribution < -0.4 is 4.74 Å². The van der Waals surface area contributed by atoms with Crippen molar-refractivity contribution in [1.29, 1.82) is 5.26 Å². The molecule has 6 heteroatoms. The maximum Gasteiger partial charge on any atom is 0.345 e. The predicted molar refractivity (Wildman–Crippen MR) is 90.6 cm³/mol. The van der Waals surface area contributed by atoms with Crippen LogP contribution in [0.2, 0.25) is 0 Å². The lowest BCUT2D eigenvalue weighted by molar-refractivity contribution is -0.161. The van der Waals surface area contributed by atoms with Crippen LogP contribution in [0.5, 0.6) is 5.75 Å². The van der Waals surface area contributed by atoms with Crippen LogP contribution in [0, 0.1) is 11.3 Å². The van der Waals surface area contributed by atoms with Crippen LogP contribution in [0.4, 0.5) is 0 Å². The molecule has 0 aliphatic rings. The number of esters is 1. The molecule has 0 radical (unpaired) electrons. The van der Waals surface area contributed by atoms with E-state index in [2.05, 4.69) is 0 Å². The Hall–Kier alpha value is -3.33. The summed E-state index contributed by atoms with van der Waals surface area (Å²) in [4.78, 5) is 25.7. The molecule has 2 aromatic carbocycles. The van der Waals surface area contributed by atoms with Crippen molar-refractivity contribution in [2.24, 2.45) is 0 Å². The molecule has 0 saturated heterocycles. The second kappa shape index (κ2) is 8.50. The number of carbonyl (C=O) groups is 2. The van der Waals surface area contributed by atoms with Crippen molar-refractivity contribution in [3.63, 3.8) is 0 Å². The molecule has 0 bridgehead atoms. The molecule has 0 N–H and O–H groups in total. The quantitative estimate of drug-likeness (QED) is 0.755. The van der Waals surface area contributed by atoms with Gasteiger partial charge in [0.2, 0.25) is 6.10 Å². The van der Waals surface area contributed by atoms with Gasteiger partial charge in [-0.2, -0.15) is 5.26 Å². The van der Waals surface area contributed by atoms with Crippen LogP contribution in [0.15, 0.2) is 54.6 Å². The molecule has 0 aliphatic heterocycles. The minimum Gasteiger partial charge on any atom is -0.482 e. The predicted octanol–water partition coefficient (Wildman–Crippen LogP) is 2.31. The van der Waals surface area contributed by atoms with E-state index in [0.717, 1.165) is 0 Å². The zero-order valence-electron chi connectivity index (χ0n) is 14.0. The van der Waals surface area contributed by atoms with Gasteiger partial charge in [0.1, 0.15) is 5.75 Å². The third kappa shape index (κ3) is 5.08. The summed E-state index contributed by atoms with van der Waals surface area (Å²) in [7, 11) is 3.19. The summed E-state index contributed by atoms with van der Waals surface area (Å²) in [5.74, 6) is -0.558. The molecule has 1 atom stereocenters. The number of likely N-dealkylation sites (N-methyl/N-ethyl adjacent to an activating group) is 1. The highest BCUT2D eigenvalue weighted by Crippen LogP contribution is 2.20. The molecule has 1 amide bonds. The molecule has 0 aromatic heterocycles. The van der Waals surface area contributed by atoms with Gasteiger partial charge in [-0.3, -0.25) is 4.79 Å². The molecule has 6 nitrogen and oxygen atoms in total. The van der Waals surface area contributed by atoms with Gasteiger partial charge in [0.25, 0.3) is 5.91 Å². The maximum absolute atomic E-state index is 12.3. The number of amides is 1. The van der Waals surface area contributed by atoms with Crippen LogP contribution in [0.1, 0.15) is 17.2 Å². The fraction of sp³-hybridized carbons (Fsp3) is 0.211. The monoisotopic (exact) mass is 338 g/mol. The van der Waals surface area contributed by atoms with Crippen LogP contribution in [-0.2, 0) is 14.3 Å². The van der Waals surface area contributed by atoms with E-state index in [-0.39, 0.29) is 12.5 Å². The largest absolute Gasteiger partial charge is 0.482 e. The first-order valence-electron chi connectivity index (χ1n) is 7.60. The van der Waals surface area contributed by atoms with Crippen molar-refractivity contribution < 1.29 is 19.1 Å². The number of nitriles is 1. The minimum atomic E-state index is -1.02. The SMILES string of the molecule is CN(C)C(=O)[C@@H](OC(=O)COc1ccc(C#N)cc1)c1ccccc1. The van der Waals surface area contributed by atoms with Gasteiger partial charge in [0, 0.05) is 19.7 Å². The molecule has 0 fully saturated rings. The van der Waals surface area contributed by atoms with Crippen molar-refractivity contribution in [1.82, 2.24) is 4.90 Å². The Morgan fingerprint density at radius 1 is 1.08 bits per heavy atom. The molecule has 0 unspecified atom stereocenters. The Labute approximate surface area is 146 Å². The van der Waals surface area contributed by atoms with E-state index in [4.69, 9.17) is 14.7 Å². The maximum atomic E-state index is 12.3. The van der Waals surface area contributed by atoms with E-state index in [0.29, 0.717) is 16.9 Å². The minimum absolute atomic E-state index is 0.335. The summed E-state index contributed by atoms with van der Waals surface area (Å²) < 4.78 is 10.7.